The van der Waals surface area contributed by atoms with Gasteiger partial charge in [-0.05, 0) is 54.4 Å². The Hall–Kier alpha value is -3.07. The molecule has 0 amide bonds. The van der Waals surface area contributed by atoms with Gasteiger partial charge in [-0.15, -0.1) is 0 Å². The molecule has 3 aromatic rings. The Bertz CT molecular complexity index is 1090. The van der Waals surface area contributed by atoms with Crippen LogP contribution in [-0.4, -0.2) is 17.6 Å². The van der Waals surface area contributed by atoms with Crippen molar-refractivity contribution in [3.63, 3.8) is 0 Å². The molecule has 0 bridgehead atoms. The van der Waals surface area contributed by atoms with Gasteiger partial charge in [0.15, 0.2) is 17.4 Å². The molecular weight excluding hydrogens is 457 g/mol. The van der Waals surface area contributed by atoms with Crippen LogP contribution in [0.1, 0.15) is 23.2 Å². The smallest absolute Gasteiger partial charge is 0.418 e. The molecular formula is C22H17ClF5NO3. The number of carbonyl (C=O) groups is 1. The average Bonchev–Trinajstić information content (AvgIpc) is 3.16. The van der Waals surface area contributed by atoms with E-state index < -0.39 is 41.7 Å². The van der Waals surface area contributed by atoms with E-state index in [0.29, 0.717) is 10.7 Å². The Balaban J connectivity index is 1.88. The number of alkyl halides is 3. The molecule has 0 N–H and O–H groups in total. The molecule has 0 saturated heterocycles. The maximum Gasteiger partial charge on any atom is 0.418 e. The number of aromatic nitrogens is 1. The van der Waals surface area contributed by atoms with Crippen molar-refractivity contribution in [2.45, 2.75) is 25.6 Å². The Labute approximate surface area is 185 Å². The highest BCUT2D eigenvalue weighted by molar-refractivity contribution is 6.30. The summed E-state index contributed by atoms with van der Waals surface area (Å²) in [5.74, 6) is -3.55. The molecule has 0 saturated carbocycles. The van der Waals surface area contributed by atoms with Crippen LogP contribution in [0.15, 0.2) is 48.7 Å². The molecule has 4 nitrogen and oxygen atoms in total. The van der Waals surface area contributed by atoms with E-state index in [0.717, 1.165) is 18.2 Å². The van der Waals surface area contributed by atoms with Gasteiger partial charge in [0.2, 0.25) is 0 Å². The van der Waals surface area contributed by atoms with Crippen molar-refractivity contribution in [1.82, 2.24) is 4.57 Å². The zero-order chi connectivity index (χ0) is 23.5. The van der Waals surface area contributed by atoms with Gasteiger partial charge >= 0.3 is 12.1 Å². The second-order valence-corrected chi connectivity index (χ2v) is 7.21. The fourth-order valence-electron chi connectivity index (χ4n) is 3.10. The van der Waals surface area contributed by atoms with Crippen molar-refractivity contribution in [3.05, 3.63) is 82.1 Å². The molecule has 32 heavy (non-hydrogen) atoms. The van der Waals surface area contributed by atoms with E-state index in [2.05, 4.69) is 4.74 Å². The van der Waals surface area contributed by atoms with Crippen molar-refractivity contribution in [1.29, 1.82) is 0 Å². The van der Waals surface area contributed by atoms with E-state index in [-0.39, 0.29) is 24.1 Å². The van der Waals surface area contributed by atoms with E-state index in [1.165, 1.54) is 42.1 Å². The zero-order valence-electron chi connectivity index (χ0n) is 16.7. The first-order chi connectivity index (χ1) is 15.1. The summed E-state index contributed by atoms with van der Waals surface area (Å²) < 4.78 is 80.1. The summed E-state index contributed by atoms with van der Waals surface area (Å²) in [7, 11) is 1.19. The molecule has 1 aromatic heterocycles. The van der Waals surface area contributed by atoms with Crippen LogP contribution in [-0.2, 0) is 28.7 Å². The van der Waals surface area contributed by atoms with Gasteiger partial charge in [-0.1, -0.05) is 11.6 Å². The van der Waals surface area contributed by atoms with Crippen LogP contribution < -0.4 is 4.74 Å². The molecule has 0 fully saturated rings. The molecule has 0 aliphatic heterocycles. The van der Waals surface area contributed by atoms with Crippen LogP contribution in [0.5, 0.6) is 5.75 Å². The lowest BCUT2D eigenvalue weighted by Gasteiger charge is -2.15. The molecule has 0 atom stereocenters. The highest BCUT2D eigenvalue weighted by atomic mass is 35.5. The van der Waals surface area contributed by atoms with Gasteiger partial charge in [0.25, 0.3) is 0 Å². The van der Waals surface area contributed by atoms with Crippen molar-refractivity contribution in [2.75, 3.05) is 7.11 Å². The lowest BCUT2D eigenvalue weighted by atomic mass is 10.1. The summed E-state index contributed by atoms with van der Waals surface area (Å²) >= 11 is 5.83. The molecule has 0 radical (unpaired) electrons. The first-order valence-corrected chi connectivity index (χ1v) is 9.69. The fourth-order valence-corrected chi connectivity index (χ4v) is 3.22. The van der Waals surface area contributed by atoms with Gasteiger partial charge in [-0.3, -0.25) is 4.79 Å². The van der Waals surface area contributed by atoms with Crippen molar-refractivity contribution >= 4 is 17.6 Å². The number of aryl methyl sites for hydroxylation is 1. The molecule has 170 valence electrons. The zero-order valence-corrected chi connectivity index (χ0v) is 17.4. The number of carbonyl (C=O) groups excluding carboxylic acids is 1. The number of halogens is 6. The quantitative estimate of drug-likeness (QED) is 0.307. The topological polar surface area (TPSA) is 40.5 Å². The third-order valence-electron chi connectivity index (χ3n) is 4.66. The van der Waals surface area contributed by atoms with Gasteiger partial charge in [0, 0.05) is 23.3 Å². The van der Waals surface area contributed by atoms with Gasteiger partial charge < -0.3 is 14.0 Å². The Morgan fingerprint density at radius 3 is 2.25 bits per heavy atom. The molecule has 0 aliphatic carbocycles. The standard InChI is InChI=1S/C22H17ClF5NO3/c1-31-20(30)7-2-13-10-17(24)21(18(25)11-13)32-12-19-16(22(26,27)28)8-9-29(19)15-5-3-14(23)4-6-15/h3-6,8-11H,2,7,12H2,1H3. The van der Waals surface area contributed by atoms with Crippen molar-refractivity contribution < 1.29 is 36.2 Å². The lowest BCUT2D eigenvalue weighted by molar-refractivity contribution is -0.140. The van der Waals surface area contributed by atoms with E-state index in [1.54, 1.807) is 0 Å². The second kappa shape index (κ2) is 9.60. The van der Waals surface area contributed by atoms with Crippen molar-refractivity contribution in [2.24, 2.45) is 0 Å². The summed E-state index contributed by atoms with van der Waals surface area (Å²) in [6.45, 7) is -0.750. The van der Waals surface area contributed by atoms with Crippen LogP contribution in [0, 0.1) is 11.6 Å². The van der Waals surface area contributed by atoms with Crippen LogP contribution in [0.2, 0.25) is 5.02 Å². The highest BCUT2D eigenvalue weighted by Gasteiger charge is 2.36. The Kier molecular flexibility index (Phi) is 7.08. The first kappa shape index (κ1) is 23.6. The molecule has 1 heterocycles. The SMILES string of the molecule is COC(=O)CCc1cc(F)c(OCc2c(C(F)(F)F)ccn2-c2ccc(Cl)cc2)c(F)c1. The van der Waals surface area contributed by atoms with Crippen LogP contribution in [0.3, 0.4) is 0 Å². The summed E-state index contributed by atoms with van der Waals surface area (Å²) in [5.41, 5.74) is -0.794. The van der Waals surface area contributed by atoms with E-state index >= 15 is 0 Å². The third kappa shape index (κ3) is 5.40. The van der Waals surface area contributed by atoms with Gasteiger partial charge in [-0.25, -0.2) is 8.78 Å². The van der Waals surface area contributed by atoms with Crippen LogP contribution >= 0.6 is 11.6 Å². The molecule has 0 unspecified atom stereocenters. The minimum Gasteiger partial charge on any atom is -0.481 e. The van der Waals surface area contributed by atoms with Crippen molar-refractivity contribution in [3.8, 4) is 11.4 Å². The third-order valence-corrected chi connectivity index (χ3v) is 4.91. The van der Waals surface area contributed by atoms with E-state index in [4.69, 9.17) is 16.3 Å². The molecule has 2 aromatic carbocycles. The van der Waals surface area contributed by atoms with E-state index in [1.807, 2.05) is 0 Å². The number of rotatable bonds is 7. The van der Waals surface area contributed by atoms with Gasteiger partial charge in [-0.2, -0.15) is 13.2 Å². The lowest BCUT2D eigenvalue weighted by Crippen LogP contribution is -2.13. The summed E-state index contributed by atoms with van der Waals surface area (Å²) in [6, 6.07) is 8.79. The Morgan fingerprint density at radius 1 is 1.06 bits per heavy atom. The van der Waals surface area contributed by atoms with Gasteiger partial charge in [0.05, 0.1) is 18.4 Å². The summed E-state index contributed by atoms with van der Waals surface area (Å²) in [5, 5.41) is 0.395. The van der Waals surface area contributed by atoms with E-state index in [9.17, 15) is 26.7 Å². The highest BCUT2D eigenvalue weighted by Crippen LogP contribution is 2.35. The number of methoxy groups -OCH3 is 1. The largest absolute Gasteiger partial charge is 0.481 e. The minimum absolute atomic E-state index is 0.0262. The van der Waals surface area contributed by atoms with Crippen LogP contribution in [0.25, 0.3) is 5.69 Å². The second-order valence-electron chi connectivity index (χ2n) is 6.77. The predicted octanol–water partition coefficient (Wildman–Crippen LogP) is 6.11. The number of nitrogens with zero attached hydrogens (tertiary/aromatic N) is 1. The molecule has 0 aliphatic rings. The Morgan fingerprint density at radius 2 is 1.69 bits per heavy atom. The molecule has 3 rings (SSSR count). The maximum atomic E-state index is 14.4. The number of ether oxygens (including phenoxy) is 2. The number of esters is 1. The molecule has 10 heteroatoms. The number of benzene rings is 2. The average molecular weight is 474 g/mol. The van der Waals surface area contributed by atoms with Crippen LogP contribution in [0.4, 0.5) is 22.0 Å². The first-order valence-electron chi connectivity index (χ1n) is 9.31. The normalized spacial score (nSPS) is 11.5. The minimum atomic E-state index is -4.70. The number of hydrogen-bond acceptors (Lipinski definition) is 3. The van der Waals surface area contributed by atoms with Gasteiger partial charge in [0.1, 0.15) is 6.61 Å². The molecule has 0 spiro atoms. The number of hydrogen-bond donors (Lipinski definition) is 0. The maximum absolute atomic E-state index is 14.4. The summed E-state index contributed by atoms with van der Waals surface area (Å²) in [4.78, 5) is 11.2. The fraction of sp³-hybridized carbons (Fsp3) is 0.227. The predicted molar refractivity (Wildman–Crippen MR) is 107 cm³/mol. The monoisotopic (exact) mass is 473 g/mol. The summed E-state index contributed by atoms with van der Waals surface area (Å²) in [6.07, 6.45) is -3.57.